The van der Waals surface area contributed by atoms with Crippen molar-refractivity contribution >= 4 is 48.1 Å². The van der Waals surface area contributed by atoms with Crippen LogP contribution < -0.4 is 0 Å². The molecule has 5 aromatic rings. The Labute approximate surface area is 276 Å². The van der Waals surface area contributed by atoms with Gasteiger partial charge < -0.3 is 0 Å². The predicted molar refractivity (Wildman–Crippen MR) is 187 cm³/mol. The minimum atomic E-state index is -0.826. The summed E-state index contributed by atoms with van der Waals surface area (Å²) < 4.78 is 0. The van der Waals surface area contributed by atoms with Crippen LogP contribution in [0.3, 0.4) is 0 Å². The molecule has 0 nitrogen and oxygen atoms in total. The zero-order valence-corrected chi connectivity index (χ0v) is 30.6. The van der Waals surface area contributed by atoms with Gasteiger partial charge >= 0.3 is 37.9 Å². The van der Waals surface area contributed by atoms with Gasteiger partial charge in [0.2, 0.25) is 0 Å². The fourth-order valence-electron chi connectivity index (χ4n) is 5.89. The van der Waals surface area contributed by atoms with Crippen LogP contribution in [0.1, 0.15) is 81.8 Å². The Morgan fingerprint density at radius 3 is 2.19 bits per heavy atom. The van der Waals surface area contributed by atoms with Gasteiger partial charge in [-0.05, 0) is 36.3 Å². The second-order valence-corrected chi connectivity index (χ2v) is 15.9. The molecule has 1 aliphatic carbocycles. The number of fused-ring (bicyclic) bond motifs is 2. The van der Waals surface area contributed by atoms with Crippen molar-refractivity contribution in [2.75, 3.05) is 0 Å². The Kier molecular flexibility index (Phi) is 17.1. The molecular formula is C38H46Cl2SiZr. The number of rotatable bonds is 7. The molecule has 42 heavy (non-hydrogen) atoms. The zero-order valence-electron chi connectivity index (χ0n) is 25.6. The summed E-state index contributed by atoms with van der Waals surface area (Å²) in [5.74, 6) is 0.789. The first-order valence-electron chi connectivity index (χ1n) is 15.6. The van der Waals surface area contributed by atoms with Gasteiger partial charge in [-0.15, -0.1) is 64.2 Å². The van der Waals surface area contributed by atoms with Gasteiger partial charge in [-0.3, -0.25) is 0 Å². The van der Waals surface area contributed by atoms with Gasteiger partial charge in [-0.25, -0.2) is 0 Å². The van der Waals surface area contributed by atoms with E-state index in [0.29, 0.717) is 0 Å². The first-order valence-corrected chi connectivity index (χ1v) is 23.9. The number of aryl methyl sites for hydroxylation is 1. The van der Waals surface area contributed by atoms with E-state index in [1.165, 1.54) is 102 Å². The molecule has 0 heterocycles. The van der Waals surface area contributed by atoms with Crippen molar-refractivity contribution in [2.24, 2.45) is 0 Å². The van der Waals surface area contributed by atoms with Crippen molar-refractivity contribution in [3.8, 4) is 11.1 Å². The second-order valence-electron chi connectivity index (χ2n) is 11.2. The maximum atomic E-state index is 4.93. The average molecular weight is 693 g/mol. The Hall–Kier alpha value is -1.44. The monoisotopic (exact) mass is 690 g/mol. The molecule has 0 saturated heterocycles. The van der Waals surface area contributed by atoms with Gasteiger partial charge in [0.15, 0.2) is 0 Å². The molecule has 2 radical (unpaired) electrons. The standard InChI is InChI=1S/C27H33.C9H7.C2H6Si.2ClH.Zr/c1-2-3-4-6-10-21-19-25-13-9-14-26(27(25)20-21)24-17-15-23(16-18-24)22-11-7-5-8-12-22;1-2-5-9-7-3-6-8(9)4-1;1-3-2;;;/h9,13-20,22H,2-8,10-12H2,1H3;1-7H;1-2H3;2*1H;/q2*-1;;;;+4/p-2. The van der Waals surface area contributed by atoms with Crippen LogP contribution in [0.2, 0.25) is 13.1 Å². The van der Waals surface area contributed by atoms with E-state index >= 15 is 0 Å². The molecule has 4 heteroatoms. The maximum Gasteiger partial charge on any atom is -0.0809 e. The molecule has 1 aliphatic rings. The fraction of sp³-hybridized carbons (Fsp3) is 0.368. The molecule has 220 valence electrons. The average Bonchev–Trinajstić information content (AvgIpc) is 3.68. The Bertz CT molecular complexity index is 1360. The molecule has 0 unspecified atom stereocenters. The van der Waals surface area contributed by atoms with Crippen molar-refractivity contribution in [3.63, 3.8) is 0 Å². The molecule has 5 aromatic carbocycles. The smallest absolute Gasteiger partial charge is 0.0809 e. The van der Waals surface area contributed by atoms with E-state index in [2.05, 4.69) is 117 Å². The minimum Gasteiger partial charge on any atom is -0.168 e. The summed E-state index contributed by atoms with van der Waals surface area (Å²) in [6.07, 6.45) is 13.5. The second kappa shape index (κ2) is 20.5. The first kappa shape index (κ1) is 35.0. The molecule has 1 fully saturated rings. The molecular weight excluding hydrogens is 647 g/mol. The van der Waals surface area contributed by atoms with Crippen LogP contribution in [0.25, 0.3) is 32.7 Å². The van der Waals surface area contributed by atoms with E-state index in [1.54, 1.807) is 5.56 Å². The van der Waals surface area contributed by atoms with Crippen molar-refractivity contribution < 1.29 is 20.8 Å². The van der Waals surface area contributed by atoms with E-state index in [-0.39, 0.29) is 0 Å². The van der Waals surface area contributed by atoms with E-state index in [0.717, 1.165) is 15.4 Å². The van der Waals surface area contributed by atoms with E-state index in [4.69, 9.17) is 17.0 Å². The SMILES string of the molecule is CCCCCCc1cc2c(-c3ccc(C4CCCCC4)cc3)cccc2[cH-]1.C[Si]C.[Cl][Zr+2][Cl].c1ccc2[cH-]ccc2c1. The molecule has 0 N–H and O–H groups in total. The molecule has 6 rings (SSSR count). The third-order valence-electron chi connectivity index (χ3n) is 7.98. The number of benzene rings is 3. The molecule has 0 bridgehead atoms. The number of halogens is 2. The summed E-state index contributed by atoms with van der Waals surface area (Å²) in [6, 6.07) is 35.8. The van der Waals surface area contributed by atoms with Crippen molar-refractivity contribution in [1.82, 2.24) is 0 Å². The maximum absolute atomic E-state index is 4.93. The summed E-state index contributed by atoms with van der Waals surface area (Å²) in [7, 11) is 11.0. The van der Waals surface area contributed by atoms with Gasteiger partial charge in [0.25, 0.3) is 0 Å². The molecule has 0 aliphatic heterocycles. The molecule has 0 atom stereocenters. The topological polar surface area (TPSA) is 0 Å². The predicted octanol–water partition coefficient (Wildman–Crippen LogP) is 13.1. The summed E-state index contributed by atoms with van der Waals surface area (Å²) in [5, 5.41) is 5.48. The summed E-state index contributed by atoms with van der Waals surface area (Å²) in [6.45, 7) is 6.59. The van der Waals surface area contributed by atoms with E-state index < -0.39 is 20.8 Å². The minimum absolute atomic E-state index is 0.789. The zero-order chi connectivity index (χ0) is 30.0. The van der Waals surface area contributed by atoms with Gasteiger partial charge in [0, 0.05) is 9.52 Å². The Balaban J connectivity index is 0.000000265. The number of unbranched alkanes of at least 4 members (excludes halogenated alkanes) is 3. The van der Waals surface area contributed by atoms with Crippen LogP contribution >= 0.6 is 17.0 Å². The molecule has 0 spiro atoms. The van der Waals surface area contributed by atoms with Crippen molar-refractivity contribution in [3.05, 3.63) is 108 Å². The third-order valence-corrected chi connectivity index (χ3v) is 7.98. The molecule has 0 aromatic heterocycles. The van der Waals surface area contributed by atoms with Crippen LogP contribution in [0, 0.1) is 0 Å². The van der Waals surface area contributed by atoms with Gasteiger partial charge in [0.1, 0.15) is 0 Å². The first-order chi connectivity index (χ1) is 20.6. The molecule has 0 amide bonds. The Morgan fingerprint density at radius 2 is 1.50 bits per heavy atom. The normalized spacial score (nSPS) is 12.8. The summed E-state index contributed by atoms with van der Waals surface area (Å²) >= 11 is -0.826. The van der Waals surface area contributed by atoms with Gasteiger partial charge in [0.05, 0.1) is 0 Å². The van der Waals surface area contributed by atoms with Crippen molar-refractivity contribution in [2.45, 2.75) is 90.1 Å². The van der Waals surface area contributed by atoms with Crippen LogP contribution in [0.5, 0.6) is 0 Å². The summed E-state index contributed by atoms with van der Waals surface area (Å²) in [5.41, 5.74) is 5.81. The van der Waals surface area contributed by atoms with E-state index in [1.807, 2.05) is 0 Å². The summed E-state index contributed by atoms with van der Waals surface area (Å²) in [4.78, 5) is 0. The largest absolute Gasteiger partial charge is 0.168 e. The van der Waals surface area contributed by atoms with Crippen LogP contribution in [-0.2, 0) is 27.3 Å². The number of hydrogen-bond donors (Lipinski definition) is 0. The van der Waals surface area contributed by atoms with Crippen LogP contribution in [-0.4, -0.2) is 9.52 Å². The third kappa shape index (κ3) is 11.2. The quantitative estimate of drug-likeness (QED) is 0.0905. The molecule has 1 saturated carbocycles. The van der Waals surface area contributed by atoms with Crippen LogP contribution in [0.15, 0.2) is 97.1 Å². The van der Waals surface area contributed by atoms with E-state index in [9.17, 15) is 0 Å². The van der Waals surface area contributed by atoms with Crippen molar-refractivity contribution in [1.29, 1.82) is 0 Å². The van der Waals surface area contributed by atoms with Crippen LogP contribution in [0.4, 0.5) is 0 Å². The fourth-order valence-corrected chi connectivity index (χ4v) is 5.89. The van der Waals surface area contributed by atoms with Gasteiger partial charge in [-0.2, -0.15) is 23.6 Å². The number of hydrogen-bond acceptors (Lipinski definition) is 0. The Morgan fingerprint density at radius 1 is 0.810 bits per heavy atom. The van der Waals surface area contributed by atoms with Gasteiger partial charge in [-0.1, -0.05) is 107 Å².